The molecule has 0 N–H and O–H groups in total. The second-order valence-electron chi connectivity index (χ2n) is 8.08. The van der Waals surface area contributed by atoms with Crippen LogP contribution in [0.15, 0.2) is 48.5 Å². The maximum absolute atomic E-state index is 5.99. The summed E-state index contributed by atoms with van der Waals surface area (Å²) in [5.74, 6) is 3.73. The van der Waals surface area contributed by atoms with Crippen molar-refractivity contribution >= 4 is 11.6 Å². The number of hydrogen-bond acceptors (Lipinski definition) is 0. The highest BCUT2D eigenvalue weighted by Crippen LogP contribution is 2.47. The lowest BCUT2D eigenvalue weighted by Gasteiger charge is -2.41. The molecule has 4 atom stereocenters. The highest BCUT2D eigenvalue weighted by Gasteiger charge is 2.34. The van der Waals surface area contributed by atoms with Crippen LogP contribution in [0.1, 0.15) is 56.9 Å². The second-order valence-corrected chi connectivity index (χ2v) is 8.51. The lowest BCUT2D eigenvalue weighted by atomic mass is 9.64. The minimum Gasteiger partial charge on any atom is -0.0843 e. The van der Waals surface area contributed by atoms with Gasteiger partial charge in [-0.05, 0) is 84.6 Å². The molecule has 0 saturated heterocycles. The number of fused-ring (bicyclic) bond motifs is 1. The minimum absolute atomic E-state index is 0.777. The van der Waals surface area contributed by atoms with Gasteiger partial charge in [0.25, 0.3) is 0 Å². The SMILES string of the molecule is CC1CCC2CC(c3ccc(-c4ccc(Cl)cc4)cc3)CCC2C1. The Morgan fingerprint density at radius 2 is 1.29 bits per heavy atom. The summed E-state index contributed by atoms with van der Waals surface area (Å²) >= 11 is 5.99. The Morgan fingerprint density at radius 3 is 2.00 bits per heavy atom. The third-order valence-electron chi connectivity index (χ3n) is 6.43. The molecular formula is C23H27Cl. The standard InChI is InChI=1S/C23H27Cl/c1-16-2-3-22-15-21(9-8-20(22)14-16)19-6-4-17(5-7-19)18-10-12-23(24)13-11-18/h4-7,10-13,16,20-22H,2-3,8-9,14-15H2,1H3. The molecule has 2 aromatic carbocycles. The highest BCUT2D eigenvalue weighted by molar-refractivity contribution is 6.30. The number of halogens is 1. The van der Waals surface area contributed by atoms with Crippen LogP contribution >= 0.6 is 11.6 Å². The summed E-state index contributed by atoms with van der Waals surface area (Å²) < 4.78 is 0. The van der Waals surface area contributed by atoms with Crippen molar-refractivity contribution in [2.24, 2.45) is 17.8 Å². The van der Waals surface area contributed by atoms with E-state index >= 15 is 0 Å². The topological polar surface area (TPSA) is 0 Å². The molecule has 2 aliphatic carbocycles. The van der Waals surface area contributed by atoms with E-state index in [-0.39, 0.29) is 0 Å². The van der Waals surface area contributed by atoms with Gasteiger partial charge < -0.3 is 0 Å². The summed E-state index contributed by atoms with van der Waals surface area (Å²) in [5, 5.41) is 0.800. The van der Waals surface area contributed by atoms with Crippen molar-refractivity contribution in [2.45, 2.75) is 51.4 Å². The van der Waals surface area contributed by atoms with Crippen LogP contribution in [0.4, 0.5) is 0 Å². The molecule has 0 heterocycles. The average Bonchev–Trinajstić information content (AvgIpc) is 2.62. The van der Waals surface area contributed by atoms with Crippen molar-refractivity contribution in [2.75, 3.05) is 0 Å². The first-order valence-electron chi connectivity index (χ1n) is 9.55. The molecule has 2 aliphatic rings. The third kappa shape index (κ3) is 3.40. The molecule has 2 aromatic rings. The smallest absolute Gasteiger partial charge is 0.0406 e. The maximum atomic E-state index is 5.99. The van der Waals surface area contributed by atoms with Gasteiger partial charge in [0, 0.05) is 5.02 Å². The zero-order valence-corrected chi connectivity index (χ0v) is 15.3. The second kappa shape index (κ2) is 6.92. The van der Waals surface area contributed by atoms with Crippen molar-refractivity contribution < 1.29 is 0 Å². The van der Waals surface area contributed by atoms with Gasteiger partial charge >= 0.3 is 0 Å². The fourth-order valence-corrected chi connectivity index (χ4v) is 5.14. The normalized spacial score (nSPS) is 29.9. The van der Waals surface area contributed by atoms with Gasteiger partial charge in [0.15, 0.2) is 0 Å². The van der Waals surface area contributed by atoms with E-state index in [2.05, 4.69) is 43.3 Å². The van der Waals surface area contributed by atoms with Gasteiger partial charge in [-0.3, -0.25) is 0 Å². The first-order valence-corrected chi connectivity index (χ1v) is 9.93. The molecule has 126 valence electrons. The lowest BCUT2D eigenvalue weighted by molar-refractivity contribution is 0.124. The molecule has 2 saturated carbocycles. The maximum Gasteiger partial charge on any atom is 0.0406 e. The number of benzene rings is 2. The first-order chi connectivity index (χ1) is 11.7. The van der Waals surface area contributed by atoms with Gasteiger partial charge in [-0.1, -0.05) is 61.3 Å². The van der Waals surface area contributed by atoms with Crippen LogP contribution in [0.5, 0.6) is 0 Å². The summed E-state index contributed by atoms with van der Waals surface area (Å²) in [4.78, 5) is 0. The zero-order valence-electron chi connectivity index (χ0n) is 14.5. The van der Waals surface area contributed by atoms with Gasteiger partial charge in [0.2, 0.25) is 0 Å². The quantitative estimate of drug-likeness (QED) is 0.537. The summed E-state index contributed by atoms with van der Waals surface area (Å²) in [6.45, 7) is 2.44. The fourth-order valence-electron chi connectivity index (χ4n) is 5.02. The van der Waals surface area contributed by atoms with Crippen LogP contribution in [0.3, 0.4) is 0 Å². The van der Waals surface area contributed by atoms with Crippen LogP contribution in [0.2, 0.25) is 5.02 Å². The molecule has 0 radical (unpaired) electrons. The van der Waals surface area contributed by atoms with E-state index in [1.165, 1.54) is 49.7 Å². The summed E-state index contributed by atoms with van der Waals surface area (Å²) in [6, 6.07) is 17.4. The molecule has 4 rings (SSSR count). The summed E-state index contributed by atoms with van der Waals surface area (Å²) in [6.07, 6.45) is 8.63. The summed E-state index contributed by atoms with van der Waals surface area (Å²) in [5.41, 5.74) is 4.08. The van der Waals surface area contributed by atoms with E-state index in [0.717, 1.165) is 28.7 Å². The molecule has 0 nitrogen and oxygen atoms in total. The van der Waals surface area contributed by atoms with Crippen molar-refractivity contribution in [1.29, 1.82) is 0 Å². The largest absolute Gasteiger partial charge is 0.0843 e. The Hall–Kier alpha value is -1.27. The van der Waals surface area contributed by atoms with Gasteiger partial charge in [0.1, 0.15) is 0 Å². The number of rotatable bonds is 2. The zero-order chi connectivity index (χ0) is 16.5. The molecule has 24 heavy (non-hydrogen) atoms. The van der Waals surface area contributed by atoms with Crippen LogP contribution in [0.25, 0.3) is 11.1 Å². The summed E-state index contributed by atoms with van der Waals surface area (Å²) in [7, 11) is 0. The van der Waals surface area contributed by atoms with Crippen LogP contribution in [-0.2, 0) is 0 Å². The van der Waals surface area contributed by atoms with E-state index in [9.17, 15) is 0 Å². The van der Waals surface area contributed by atoms with Crippen LogP contribution in [0, 0.1) is 17.8 Å². The van der Waals surface area contributed by atoms with Gasteiger partial charge in [-0.15, -0.1) is 0 Å². The Labute approximate surface area is 151 Å². The van der Waals surface area contributed by atoms with E-state index in [4.69, 9.17) is 11.6 Å². The van der Waals surface area contributed by atoms with E-state index in [1.54, 1.807) is 5.56 Å². The third-order valence-corrected chi connectivity index (χ3v) is 6.69. The molecular weight excluding hydrogens is 312 g/mol. The average molecular weight is 339 g/mol. The van der Waals surface area contributed by atoms with Crippen LogP contribution < -0.4 is 0 Å². The van der Waals surface area contributed by atoms with Crippen LogP contribution in [-0.4, -0.2) is 0 Å². The van der Waals surface area contributed by atoms with Crippen molar-refractivity contribution in [3.8, 4) is 11.1 Å². The molecule has 0 bridgehead atoms. The van der Waals surface area contributed by atoms with E-state index in [0.29, 0.717) is 0 Å². The van der Waals surface area contributed by atoms with Gasteiger partial charge in [-0.25, -0.2) is 0 Å². The fraction of sp³-hybridized carbons (Fsp3) is 0.478. The number of hydrogen-bond donors (Lipinski definition) is 0. The highest BCUT2D eigenvalue weighted by atomic mass is 35.5. The molecule has 4 unspecified atom stereocenters. The lowest BCUT2D eigenvalue weighted by Crippen LogP contribution is -2.29. The molecule has 2 fully saturated rings. The Balaban J connectivity index is 1.46. The Kier molecular flexibility index (Phi) is 4.68. The van der Waals surface area contributed by atoms with Crippen molar-refractivity contribution in [1.82, 2.24) is 0 Å². The predicted molar refractivity (Wildman–Crippen MR) is 103 cm³/mol. The molecule has 0 aliphatic heterocycles. The molecule has 0 aromatic heterocycles. The van der Waals surface area contributed by atoms with E-state index in [1.807, 2.05) is 12.1 Å². The van der Waals surface area contributed by atoms with Gasteiger partial charge in [0.05, 0.1) is 0 Å². The first kappa shape index (κ1) is 16.2. The monoisotopic (exact) mass is 338 g/mol. The van der Waals surface area contributed by atoms with E-state index < -0.39 is 0 Å². The van der Waals surface area contributed by atoms with Crippen molar-refractivity contribution in [3.05, 3.63) is 59.1 Å². The Bertz CT molecular complexity index is 670. The minimum atomic E-state index is 0.777. The van der Waals surface area contributed by atoms with Gasteiger partial charge in [-0.2, -0.15) is 0 Å². The molecule has 1 heteroatoms. The van der Waals surface area contributed by atoms with Crippen molar-refractivity contribution in [3.63, 3.8) is 0 Å². The predicted octanol–water partition coefficient (Wildman–Crippen LogP) is 7.33. The molecule has 0 spiro atoms. The Morgan fingerprint density at radius 1 is 0.708 bits per heavy atom. The molecule has 0 amide bonds.